The van der Waals surface area contributed by atoms with Gasteiger partial charge in [0.1, 0.15) is 10.5 Å². The highest BCUT2D eigenvalue weighted by Gasteiger charge is 2.31. The Bertz CT molecular complexity index is 993. The van der Waals surface area contributed by atoms with Crippen LogP contribution in [0.15, 0.2) is 30.6 Å². The number of hydrogen-bond donors (Lipinski definition) is 1. The number of likely N-dealkylation sites (tertiary alicyclic amines) is 1. The lowest BCUT2D eigenvalue weighted by atomic mass is 9.88. The van der Waals surface area contributed by atoms with Crippen molar-refractivity contribution in [1.29, 1.82) is 0 Å². The molecule has 2 N–H and O–H groups in total. The predicted octanol–water partition coefficient (Wildman–Crippen LogP) is 2.15. The summed E-state index contributed by atoms with van der Waals surface area (Å²) in [5.41, 5.74) is 7.00. The van der Waals surface area contributed by atoms with Crippen molar-refractivity contribution in [3.05, 3.63) is 46.7 Å². The first kappa shape index (κ1) is 16.7. The fourth-order valence-corrected chi connectivity index (χ4v) is 4.71. The van der Waals surface area contributed by atoms with Crippen molar-refractivity contribution in [1.82, 2.24) is 19.7 Å². The van der Waals surface area contributed by atoms with Crippen LogP contribution in [0.5, 0.6) is 0 Å². The third-order valence-corrected chi connectivity index (χ3v) is 5.92. The van der Waals surface area contributed by atoms with E-state index in [1.54, 1.807) is 30.2 Å². The number of aryl methyl sites for hydroxylation is 1. The molecule has 4 rings (SSSR count). The number of amides is 2. The van der Waals surface area contributed by atoms with E-state index in [0.717, 1.165) is 28.6 Å². The van der Waals surface area contributed by atoms with Crippen LogP contribution in [0, 0.1) is 0 Å². The Labute approximate surface area is 154 Å². The number of hydrogen-bond acceptors (Lipinski definition) is 5. The number of aromatic nitrogens is 3. The zero-order valence-electron chi connectivity index (χ0n) is 14.4. The molecular formula is C18H19N5O2S. The zero-order valence-corrected chi connectivity index (χ0v) is 15.2. The highest BCUT2D eigenvalue weighted by atomic mass is 32.1. The minimum Gasteiger partial charge on any atom is -0.365 e. The maximum absolute atomic E-state index is 12.8. The van der Waals surface area contributed by atoms with E-state index in [-0.39, 0.29) is 11.8 Å². The molecule has 26 heavy (non-hydrogen) atoms. The summed E-state index contributed by atoms with van der Waals surface area (Å²) in [5.74, 6) is -0.443. The Kier molecular flexibility index (Phi) is 4.20. The van der Waals surface area contributed by atoms with Gasteiger partial charge in [0, 0.05) is 43.8 Å². The fraction of sp³-hybridized carbons (Fsp3) is 0.333. The Morgan fingerprint density at radius 3 is 2.92 bits per heavy atom. The Balaban J connectivity index is 1.68. The van der Waals surface area contributed by atoms with E-state index in [4.69, 9.17) is 5.73 Å². The van der Waals surface area contributed by atoms with E-state index in [0.29, 0.717) is 23.7 Å². The highest BCUT2D eigenvalue weighted by molar-refractivity contribution is 7.20. The first-order valence-electron chi connectivity index (χ1n) is 8.50. The van der Waals surface area contributed by atoms with E-state index in [1.165, 1.54) is 11.3 Å². The number of carbonyl (C=O) groups is 2. The average molecular weight is 369 g/mol. The Hall–Kier alpha value is -2.74. The number of nitrogens with zero attached hydrogens (tertiary/aromatic N) is 4. The van der Waals surface area contributed by atoms with E-state index in [1.807, 2.05) is 17.0 Å². The van der Waals surface area contributed by atoms with Crippen LogP contribution < -0.4 is 5.73 Å². The second-order valence-electron chi connectivity index (χ2n) is 6.53. The number of nitrogens with two attached hydrogens (primary N) is 1. The number of pyridine rings is 1. The molecule has 0 aromatic carbocycles. The lowest BCUT2D eigenvalue weighted by Gasteiger charge is -2.32. The molecule has 7 nitrogen and oxygen atoms in total. The van der Waals surface area contributed by atoms with Crippen LogP contribution >= 0.6 is 11.3 Å². The van der Waals surface area contributed by atoms with Gasteiger partial charge in [0.15, 0.2) is 0 Å². The van der Waals surface area contributed by atoms with Gasteiger partial charge in [-0.25, -0.2) is 4.98 Å². The lowest BCUT2D eigenvalue weighted by molar-refractivity contribution is 0.0700. The predicted molar refractivity (Wildman–Crippen MR) is 99.2 cm³/mol. The van der Waals surface area contributed by atoms with Crippen molar-refractivity contribution >= 4 is 33.4 Å². The quantitative estimate of drug-likeness (QED) is 0.765. The molecule has 8 heteroatoms. The average Bonchev–Trinajstić information content (AvgIpc) is 3.25. The molecule has 0 unspecified atom stereocenters. The monoisotopic (exact) mass is 369 g/mol. The molecule has 1 atom stereocenters. The van der Waals surface area contributed by atoms with Gasteiger partial charge in [0.2, 0.25) is 0 Å². The van der Waals surface area contributed by atoms with Gasteiger partial charge in [-0.05, 0) is 30.5 Å². The number of thiophene rings is 1. The number of carbonyl (C=O) groups excluding carboxylic acids is 2. The molecular weight excluding hydrogens is 350 g/mol. The van der Waals surface area contributed by atoms with Crippen LogP contribution in [0.3, 0.4) is 0 Å². The van der Waals surface area contributed by atoms with Crippen LogP contribution in [0.1, 0.15) is 44.5 Å². The number of piperidine rings is 1. The van der Waals surface area contributed by atoms with Gasteiger partial charge >= 0.3 is 0 Å². The molecule has 1 aliphatic rings. The van der Waals surface area contributed by atoms with Crippen LogP contribution in [-0.2, 0) is 7.05 Å². The Morgan fingerprint density at radius 2 is 2.19 bits per heavy atom. The molecule has 4 heterocycles. The second kappa shape index (κ2) is 6.53. The molecule has 0 radical (unpaired) electrons. The van der Waals surface area contributed by atoms with Crippen molar-refractivity contribution in [3.8, 4) is 0 Å². The van der Waals surface area contributed by atoms with Gasteiger partial charge in [0.25, 0.3) is 11.8 Å². The van der Waals surface area contributed by atoms with Crippen LogP contribution in [0.4, 0.5) is 0 Å². The normalized spacial score (nSPS) is 17.6. The minimum atomic E-state index is -0.434. The molecule has 134 valence electrons. The maximum atomic E-state index is 12.8. The van der Waals surface area contributed by atoms with E-state index in [9.17, 15) is 9.59 Å². The number of rotatable bonds is 3. The first-order chi connectivity index (χ1) is 12.5. The summed E-state index contributed by atoms with van der Waals surface area (Å²) >= 11 is 1.33. The summed E-state index contributed by atoms with van der Waals surface area (Å²) < 4.78 is 1.62. The first-order valence-corrected chi connectivity index (χ1v) is 9.32. The van der Waals surface area contributed by atoms with Gasteiger partial charge in [0.05, 0.1) is 4.88 Å². The van der Waals surface area contributed by atoms with E-state index >= 15 is 0 Å². The van der Waals surface area contributed by atoms with Gasteiger partial charge in [-0.1, -0.05) is 6.07 Å². The molecule has 0 spiro atoms. The second-order valence-corrected chi connectivity index (χ2v) is 7.53. The summed E-state index contributed by atoms with van der Waals surface area (Å²) in [6.07, 6.45) is 5.26. The molecule has 3 aromatic heterocycles. The van der Waals surface area contributed by atoms with Crippen molar-refractivity contribution < 1.29 is 9.59 Å². The minimum absolute atomic E-state index is 0.0665. The third-order valence-electron chi connectivity index (χ3n) is 4.78. The lowest BCUT2D eigenvalue weighted by Crippen LogP contribution is -2.39. The third kappa shape index (κ3) is 2.86. The van der Waals surface area contributed by atoms with E-state index < -0.39 is 5.91 Å². The molecule has 2 amide bonds. The van der Waals surface area contributed by atoms with Crippen LogP contribution in [0.25, 0.3) is 10.2 Å². The van der Waals surface area contributed by atoms with E-state index in [2.05, 4.69) is 10.1 Å². The van der Waals surface area contributed by atoms with Gasteiger partial charge < -0.3 is 10.6 Å². The zero-order chi connectivity index (χ0) is 18.3. The molecule has 1 aliphatic heterocycles. The summed E-state index contributed by atoms with van der Waals surface area (Å²) in [7, 11) is 1.79. The van der Waals surface area contributed by atoms with Gasteiger partial charge in [-0.2, -0.15) is 5.10 Å². The molecule has 0 aliphatic carbocycles. The SMILES string of the molecule is Cn1ccc(C(=O)N2CCC[C@H](c3c(C(N)=O)sc4ncccc34)C2)n1. The largest absolute Gasteiger partial charge is 0.365 e. The van der Waals surface area contributed by atoms with Gasteiger partial charge in [-0.3, -0.25) is 14.3 Å². The fourth-order valence-electron chi connectivity index (χ4n) is 3.63. The summed E-state index contributed by atoms with van der Waals surface area (Å²) in [5, 5.41) is 5.17. The smallest absolute Gasteiger partial charge is 0.274 e. The van der Waals surface area contributed by atoms with Gasteiger partial charge in [-0.15, -0.1) is 11.3 Å². The van der Waals surface area contributed by atoms with Crippen molar-refractivity contribution in [2.45, 2.75) is 18.8 Å². The molecule has 3 aromatic rings. The number of fused-ring (bicyclic) bond motifs is 1. The molecule has 0 saturated carbocycles. The molecule has 0 bridgehead atoms. The standard InChI is InChI=1S/C18H19N5O2S/c1-22-9-6-13(21-22)18(25)23-8-3-4-11(10-23)14-12-5-2-7-20-17(12)26-15(14)16(19)24/h2,5-7,9,11H,3-4,8,10H2,1H3,(H2,19,24)/t11-/m0/s1. The summed E-state index contributed by atoms with van der Waals surface area (Å²) in [4.78, 5) is 32.3. The maximum Gasteiger partial charge on any atom is 0.274 e. The number of primary amides is 1. The van der Waals surface area contributed by atoms with Crippen LogP contribution in [0.2, 0.25) is 0 Å². The highest BCUT2D eigenvalue weighted by Crippen LogP contribution is 2.39. The topological polar surface area (TPSA) is 94.1 Å². The van der Waals surface area contributed by atoms with Crippen molar-refractivity contribution in [2.24, 2.45) is 12.8 Å². The summed E-state index contributed by atoms with van der Waals surface area (Å²) in [6, 6.07) is 5.56. The Morgan fingerprint density at radius 1 is 1.35 bits per heavy atom. The van der Waals surface area contributed by atoms with Crippen LogP contribution in [-0.4, -0.2) is 44.6 Å². The van der Waals surface area contributed by atoms with Crippen molar-refractivity contribution in [2.75, 3.05) is 13.1 Å². The molecule has 1 saturated heterocycles. The van der Waals surface area contributed by atoms with Crippen molar-refractivity contribution in [3.63, 3.8) is 0 Å². The molecule has 1 fully saturated rings. The summed E-state index contributed by atoms with van der Waals surface area (Å²) in [6.45, 7) is 1.24.